The summed E-state index contributed by atoms with van der Waals surface area (Å²) in [6, 6.07) is 7.91. The molecule has 1 aromatic carbocycles. The van der Waals surface area contributed by atoms with Gasteiger partial charge >= 0.3 is 0 Å². The van der Waals surface area contributed by atoms with Crippen LogP contribution in [0.3, 0.4) is 0 Å². The zero-order chi connectivity index (χ0) is 20.7. The second-order valence-electron chi connectivity index (χ2n) is 7.33. The Morgan fingerprint density at radius 3 is 2.48 bits per heavy atom. The number of carbonyl (C=O) groups is 1. The number of halogens is 1. The van der Waals surface area contributed by atoms with E-state index in [1.165, 1.54) is 18.1 Å². The molecule has 0 spiro atoms. The molecule has 1 aromatic heterocycles. The molecule has 0 unspecified atom stereocenters. The lowest BCUT2D eigenvalue weighted by atomic mass is 10.1. The Kier molecular flexibility index (Phi) is 10.1. The third-order valence-electron chi connectivity index (χ3n) is 4.44. The van der Waals surface area contributed by atoms with Crippen LogP contribution in [-0.4, -0.2) is 47.2 Å². The number of aromatic nitrogens is 2. The van der Waals surface area contributed by atoms with Gasteiger partial charge in [0.2, 0.25) is 5.91 Å². The number of nitrogens with zero attached hydrogens (tertiary/aromatic N) is 4. The van der Waals surface area contributed by atoms with Crippen molar-refractivity contribution in [3.63, 3.8) is 0 Å². The molecular weight excluding hydrogens is 479 g/mol. The molecule has 2 rings (SSSR count). The summed E-state index contributed by atoms with van der Waals surface area (Å²) < 4.78 is 1.87. The molecule has 2 N–H and O–H groups in total. The maximum absolute atomic E-state index is 11.1. The van der Waals surface area contributed by atoms with E-state index in [1.54, 1.807) is 7.05 Å². The maximum atomic E-state index is 11.1. The van der Waals surface area contributed by atoms with Crippen LogP contribution in [0.4, 0.5) is 5.69 Å². The molecule has 0 saturated carbocycles. The summed E-state index contributed by atoms with van der Waals surface area (Å²) in [5.41, 5.74) is 4.37. The highest BCUT2D eigenvalue weighted by molar-refractivity contribution is 14.0. The van der Waals surface area contributed by atoms with Gasteiger partial charge in [-0.15, -0.1) is 24.0 Å². The molecule has 8 heteroatoms. The van der Waals surface area contributed by atoms with E-state index in [4.69, 9.17) is 0 Å². The minimum Gasteiger partial charge on any atom is -0.356 e. The predicted octanol–water partition coefficient (Wildman–Crippen LogP) is 3.37. The van der Waals surface area contributed by atoms with E-state index >= 15 is 0 Å². The second kappa shape index (κ2) is 11.8. The van der Waals surface area contributed by atoms with Crippen LogP contribution in [0.5, 0.6) is 0 Å². The molecule has 1 amide bonds. The van der Waals surface area contributed by atoms with Crippen molar-refractivity contribution in [1.29, 1.82) is 0 Å². The Labute approximate surface area is 191 Å². The quantitative estimate of drug-likeness (QED) is 0.339. The number of carbonyl (C=O) groups excluding carboxylic acids is 1. The Hall–Kier alpha value is -2.10. The first-order chi connectivity index (χ1) is 13.3. The van der Waals surface area contributed by atoms with Crippen LogP contribution in [-0.2, 0) is 24.8 Å². The molecule has 1 heterocycles. The van der Waals surface area contributed by atoms with Gasteiger partial charge in [0.15, 0.2) is 5.96 Å². The van der Waals surface area contributed by atoms with Gasteiger partial charge in [0.25, 0.3) is 0 Å². The predicted molar refractivity (Wildman–Crippen MR) is 130 cm³/mol. The fourth-order valence-corrected chi connectivity index (χ4v) is 3.15. The number of hydrogen-bond acceptors (Lipinski definition) is 3. The number of aryl methyl sites for hydroxylation is 1. The first kappa shape index (κ1) is 24.9. The highest BCUT2D eigenvalue weighted by atomic mass is 127. The summed E-state index contributed by atoms with van der Waals surface area (Å²) in [6.45, 7) is 7.37. The molecule has 0 atom stereocenters. The van der Waals surface area contributed by atoms with Crippen molar-refractivity contribution in [3.8, 4) is 0 Å². The average molecular weight is 512 g/mol. The van der Waals surface area contributed by atoms with E-state index in [9.17, 15) is 4.79 Å². The van der Waals surface area contributed by atoms with Gasteiger partial charge in [-0.3, -0.25) is 14.5 Å². The Morgan fingerprint density at radius 2 is 1.93 bits per heavy atom. The summed E-state index contributed by atoms with van der Waals surface area (Å²) in [5, 5.41) is 10.8. The molecule has 2 aromatic rings. The lowest BCUT2D eigenvalue weighted by Crippen LogP contribution is -2.39. The first-order valence-corrected chi connectivity index (χ1v) is 9.61. The van der Waals surface area contributed by atoms with Crippen molar-refractivity contribution in [2.24, 2.45) is 12.0 Å². The lowest BCUT2D eigenvalue weighted by Gasteiger charge is -2.22. The SMILES string of the molecule is CN=C(NCCc1ccc(NC(C)=O)cc1)N(C)Cc1cn(C)nc1C(C)C.I. The van der Waals surface area contributed by atoms with Crippen LogP contribution in [0, 0.1) is 0 Å². The molecule has 0 bridgehead atoms. The van der Waals surface area contributed by atoms with Crippen molar-refractivity contribution in [1.82, 2.24) is 20.0 Å². The first-order valence-electron chi connectivity index (χ1n) is 9.61. The van der Waals surface area contributed by atoms with Gasteiger partial charge in [-0.2, -0.15) is 5.10 Å². The zero-order valence-corrected chi connectivity index (χ0v) is 20.5. The molecule has 0 aliphatic heterocycles. The van der Waals surface area contributed by atoms with Crippen LogP contribution in [0.1, 0.15) is 43.5 Å². The molecule has 0 aliphatic carbocycles. The Balaban J connectivity index is 0.00000420. The fraction of sp³-hybridized carbons (Fsp3) is 0.476. The van der Waals surface area contributed by atoms with Gasteiger partial charge in [-0.1, -0.05) is 26.0 Å². The van der Waals surface area contributed by atoms with Crippen molar-refractivity contribution in [2.75, 3.05) is 26.0 Å². The third kappa shape index (κ3) is 7.68. The largest absolute Gasteiger partial charge is 0.356 e. The molecule has 7 nitrogen and oxygen atoms in total. The summed E-state index contributed by atoms with van der Waals surface area (Å²) in [5.74, 6) is 1.18. The van der Waals surface area contributed by atoms with Gasteiger partial charge in [-0.05, 0) is 30.0 Å². The Bertz CT molecular complexity index is 813. The fourth-order valence-electron chi connectivity index (χ4n) is 3.15. The van der Waals surface area contributed by atoms with E-state index in [1.807, 2.05) is 43.0 Å². The molecule has 0 radical (unpaired) electrons. The number of amides is 1. The smallest absolute Gasteiger partial charge is 0.221 e. The highest BCUT2D eigenvalue weighted by Gasteiger charge is 2.15. The van der Waals surface area contributed by atoms with Crippen LogP contribution in [0.15, 0.2) is 35.5 Å². The number of rotatable bonds is 7. The second-order valence-corrected chi connectivity index (χ2v) is 7.33. The van der Waals surface area contributed by atoms with E-state index < -0.39 is 0 Å². The van der Waals surface area contributed by atoms with Crippen LogP contribution >= 0.6 is 24.0 Å². The number of guanidine groups is 1. The van der Waals surface area contributed by atoms with Gasteiger partial charge in [-0.25, -0.2) is 0 Å². The van der Waals surface area contributed by atoms with E-state index in [-0.39, 0.29) is 29.9 Å². The minimum absolute atomic E-state index is 0. The minimum atomic E-state index is -0.0597. The number of hydrogen-bond donors (Lipinski definition) is 2. The summed E-state index contributed by atoms with van der Waals surface area (Å²) in [4.78, 5) is 17.6. The summed E-state index contributed by atoms with van der Waals surface area (Å²) in [7, 11) is 5.79. The van der Waals surface area contributed by atoms with Gasteiger partial charge in [0, 0.05) is 58.6 Å². The molecule has 0 saturated heterocycles. The molecule has 29 heavy (non-hydrogen) atoms. The lowest BCUT2D eigenvalue weighted by molar-refractivity contribution is -0.114. The highest BCUT2D eigenvalue weighted by Crippen LogP contribution is 2.18. The Morgan fingerprint density at radius 1 is 1.28 bits per heavy atom. The van der Waals surface area contributed by atoms with Gasteiger partial charge in [0.05, 0.1) is 5.69 Å². The van der Waals surface area contributed by atoms with Crippen molar-refractivity contribution in [2.45, 2.75) is 39.7 Å². The van der Waals surface area contributed by atoms with E-state index in [2.05, 4.69) is 45.7 Å². The van der Waals surface area contributed by atoms with Crippen LogP contribution in [0.25, 0.3) is 0 Å². The normalized spacial score (nSPS) is 11.2. The standard InChI is InChI=1S/C21H32N6O.HI/c1-15(2)20-18(14-27(6)25-20)13-26(5)21(22-4)23-12-11-17-7-9-19(10-8-17)24-16(3)28;/h7-10,14-15H,11-13H2,1-6H3,(H,22,23)(H,24,28);1H. The van der Waals surface area contributed by atoms with Gasteiger partial charge < -0.3 is 15.5 Å². The summed E-state index contributed by atoms with van der Waals surface area (Å²) >= 11 is 0. The topological polar surface area (TPSA) is 74.6 Å². The van der Waals surface area contributed by atoms with E-state index in [0.29, 0.717) is 5.92 Å². The molecule has 0 aliphatic rings. The van der Waals surface area contributed by atoms with Gasteiger partial charge in [0.1, 0.15) is 0 Å². The monoisotopic (exact) mass is 512 g/mol. The molecule has 0 fully saturated rings. The van der Waals surface area contributed by atoms with Crippen molar-refractivity contribution in [3.05, 3.63) is 47.3 Å². The number of anilines is 1. The molecular formula is C21H33IN6O. The van der Waals surface area contributed by atoms with Crippen LogP contribution in [0.2, 0.25) is 0 Å². The van der Waals surface area contributed by atoms with Crippen molar-refractivity contribution >= 4 is 41.5 Å². The maximum Gasteiger partial charge on any atom is 0.221 e. The van der Waals surface area contributed by atoms with E-state index in [0.717, 1.165) is 36.9 Å². The average Bonchev–Trinajstić information content (AvgIpc) is 3.00. The number of nitrogens with one attached hydrogen (secondary N) is 2. The number of benzene rings is 1. The third-order valence-corrected chi connectivity index (χ3v) is 4.44. The summed E-state index contributed by atoms with van der Waals surface area (Å²) in [6.07, 6.45) is 2.95. The molecule has 160 valence electrons. The number of aliphatic imine (C=N–C) groups is 1. The zero-order valence-electron chi connectivity index (χ0n) is 18.2. The van der Waals surface area contributed by atoms with Crippen molar-refractivity contribution < 1.29 is 4.79 Å². The van der Waals surface area contributed by atoms with Crippen LogP contribution < -0.4 is 10.6 Å².